The number of hydrogen-bond acceptors (Lipinski definition) is 3. The highest BCUT2D eigenvalue weighted by atomic mass is 79.9. The standard InChI is InChI=1S/C13H16BrN3O2/c1-8-11(15-12(18)19-13(2,3)4)9-6-5-7-10(14)17(9)16-8/h5-7H,1-4H3,(H,15,18). The maximum atomic E-state index is 11.8. The Hall–Kier alpha value is -1.56. The minimum absolute atomic E-state index is 0.481. The SMILES string of the molecule is Cc1nn2c(Br)cccc2c1NC(=O)OC(C)(C)C. The average molecular weight is 326 g/mol. The van der Waals surface area contributed by atoms with Crippen molar-refractivity contribution in [2.75, 3.05) is 5.32 Å². The van der Waals surface area contributed by atoms with Gasteiger partial charge in [0.2, 0.25) is 0 Å². The van der Waals surface area contributed by atoms with Crippen molar-refractivity contribution in [3.05, 3.63) is 28.5 Å². The lowest BCUT2D eigenvalue weighted by Crippen LogP contribution is -2.27. The zero-order valence-corrected chi connectivity index (χ0v) is 12.9. The first-order chi connectivity index (χ1) is 8.78. The largest absolute Gasteiger partial charge is 0.444 e. The molecule has 0 aromatic carbocycles. The van der Waals surface area contributed by atoms with Gasteiger partial charge in [0.05, 0.1) is 16.9 Å². The van der Waals surface area contributed by atoms with Gasteiger partial charge in [-0.2, -0.15) is 5.10 Å². The lowest BCUT2D eigenvalue weighted by Gasteiger charge is -2.19. The van der Waals surface area contributed by atoms with E-state index < -0.39 is 11.7 Å². The van der Waals surface area contributed by atoms with Gasteiger partial charge in [0.25, 0.3) is 0 Å². The lowest BCUT2D eigenvalue weighted by atomic mass is 10.2. The molecule has 102 valence electrons. The Kier molecular flexibility index (Phi) is 3.54. The minimum atomic E-state index is -0.526. The lowest BCUT2D eigenvalue weighted by molar-refractivity contribution is 0.0636. The predicted octanol–water partition coefficient (Wildman–Crippen LogP) is 3.75. The first-order valence-electron chi connectivity index (χ1n) is 5.92. The number of pyridine rings is 1. The first kappa shape index (κ1) is 13.9. The Morgan fingerprint density at radius 2 is 2.11 bits per heavy atom. The van der Waals surface area contributed by atoms with E-state index in [0.29, 0.717) is 5.69 Å². The van der Waals surface area contributed by atoms with Gasteiger partial charge in [-0.05, 0) is 55.8 Å². The van der Waals surface area contributed by atoms with Crippen LogP contribution in [0.5, 0.6) is 0 Å². The number of rotatable bonds is 1. The van der Waals surface area contributed by atoms with Crippen molar-refractivity contribution in [2.24, 2.45) is 0 Å². The van der Waals surface area contributed by atoms with Crippen molar-refractivity contribution in [1.82, 2.24) is 9.61 Å². The van der Waals surface area contributed by atoms with Crippen LogP contribution in [0.15, 0.2) is 22.8 Å². The van der Waals surface area contributed by atoms with Crippen LogP contribution in [0.3, 0.4) is 0 Å². The molecule has 0 saturated heterocycles. The second-order valence-electron chi connectivity index (χ2n) is 5.23. The number of nitrogens with zero attached hydrogens (tertiary/aromatic N) is 2. The van der Waals surface area contributed by atoms with Crippen molar-refractivity contribution in [3.8, 4) is 0 Å². The number of aryl methyl sites for hydroxylation is 1. The quantitative estimate of drug-likeness (QED) is 0.812. The molecule has 2 aromatic heterocycles. The highest BCUT2D eigenvalue weighted by Crippen LogP contribution is 2.25. The predicted molar refractivity (Wildman–Crippen MR) is 77.5 cm³/mol. The molecule has 1 N–H and O–H groups in total. The summed E-state index contributed by atoms with van der Waals surface area (Å²) in [5.74, 6) is 0. The van der Waals surface area contributed by atoms with E-state index in [9.17, 15) is 4.79 Å². The number of amides is 1. The molecule has 1 amide bonds. The summed E-state index contributed by atoms with van der Waals surface area (Å²) < 4.78 is 7.80. The molecule has 5 nitrogen and oxygen atoms in total. The molecular weight excluding hydrogens is 310 g/mol. The number of aromatic nitrogens is 2. The number of anilines is 1. The van der Waals surface area contributed by atoms with Gasteiger partial charge in [0.1, 0.15) is 10.2 Å². The molecule has 0 aliphatic rings. The maximum Gasteiger partial charge on any atom is 0.412 e. The molecular formula is C13H16BrN3O2. The summed E-state index contributed by atoms with van der Waals surface area (Å²) >= 11 is 3.42. The molecule has 0 aliphatic heterocycles. The van der Waals surface area contributed by atoms with Crippen LogP contribution in [-0.2, 0) is 4.74 Å². The Morgan fingerprint density at radius 1 is 1.42 bits per heavy atom. The molecule has 0 fully saturated rings. The van der Waals surface area contributed by atoms with Crippen molar-refractivity contribution < 1.29 is 9.53 Å². The smallest absolute Gasteiger partial charge is 0.412 e. The van der Waals surface area contributed by atoms with Crippen molar-refractivity contribution in [3.63, 3.8) is 0 Å². The molecule has 0 bridgehead atoms. The highest BCUT2D eigenvalue weighted by molar-refractivity contribution is 9.10. The molecule has 0 atom stereocenters. The van der Waals surface area contributed by atoms with Crippen molar-refractivity contribution in [1.29, 1.82) is 0 Å². The summed E-state index contributed by atoms with van der Waals surface area (Å²) in [6.45, 7) is 7.32. The molecule has 2 rings (SSSR count). The van der Waals surface area contributed by atoms with Gasteiger partial charge in [-0.15, -0.1) is 0 Å². The minimum Gasteiger partial charge on any atom is -0.444 e. The van der Waals surface area contributed by atoms with E-state index in [1.165, 1.54) is 0 Å². The first-order valence-corrected chi connectivity index (χ1v) is 6.71. The van der Waals surface area contributed by atoms with Crippen LogP contribution in [0.2, 0.25) is 0 Å². The maximum absolute atomic E-state index is 11.8. The highest BCUT2D eigenvalue weighted by Gasteiger charge is 2.19. The average Bonchev–Trinajstić information content (AvgIpc) is 2.55. The van der Waals surface area contributed by atoms with Crippen LogP contribution < -0.4 is 5.32 Å². The molecule has 0 radical (unpaired) electrons. The van der Waals surface area contributed by atoms with Crippen LogP contribution in [0.4, 0.5) is 10.5 Å². The molecule has 6 heteroatoms. The van der Waals surface area contributed by atoms with Crippen LogP contribution in [0, 0.1) is 6.92 Å². The summed E-state index contributed by atoms with van der Waals surface area (Å²) in [6, 6.07) is 5.66. The van der Waals surface area contributed by atoms with E-state index in [4.69, 9.17) is 4.74 Å². The number of fused-ring (bicyclic) bond motifs is 1. The molecule has 2 heterocycles. The second kappa shape index (κ2) is 4.85. The molecule has 0 spiro atoms. The summed E-state index contributed by atoms with van der Waals surface area (Å²) in [5, 5.41) is 7.11. The summed E-state index contributed by atoms with van der Waals surface area (Å²) in [6.07, 6.45) is -0.481. The fraction of sp³-hybridized carbons (Fsp3) is 0.385. The molecule has 19 heavy (non-hydrogen) atoms. The number of hydrogen-bond donors (Lipinski definition) is 1. The topological polar surface area (TPSA) is 55.6 Å². The molecule has 0 unspecified atom stereocenters. The van der Waals surface area contributed by atoms with Gasteiger partial charge < -0.3 is 4.74 Å². The number of carbonyl (C=O) groups excluding carboxylic acids is 1. The van der Waals surface area contributed by atoms with Gasteiger partial charge in [0.15, 0.2) is 0 Å². The van der Waals surface area contributed by atoms with Gasteiger partial charge in [-0.1, -0.05) is 6.07 Å². The fourth-order valence-corrected chi connectivity index (χ4v) is 2.13. The van der Waals surface area contributed by atoms with Gasteiger partial charge in [-0.3, -0.25) is 5.32 Å². The van der Waals surface area contributed by atoms with E-state index in [1.54, 1.807) is 4.52 Å². The summed E-state index contributed by atoms with van der Waals surface area (Å²) in [5.41, 5.74) is 1.69. The number of ether oxygens (including phenoxy) is 1. The Morgan fingerprint density at radius 3 is 2.74 bits per heavy atom. The summed E-state index contributed by atoms with van der Waals surface area (Å²) in [7, 11) is 0. The number of carbonyl (C=O) groups is 1. The van der Waals surface area contributed by atoms with Crippen LogP contribution in [-0.4, -0.2) is 21.3 Å². The second-order valence-corrected chi connectivity index (χ2v) is 6.05. The molecule has 0 aliphatic carbocycles. The van der Waals surface area contributed by atoms with Gasteiger partial charge in [-0.25, -0.2) is 9.31 Å². The Labute approximate surface area is 120 Å². The van der Waals surface area contributed by atoms with Crippen molar-refractivity contribution >= 4 is 33.2 Å². The van der Waals surface area contributed by atoms with E-state index in [-0.39, 0.29) is 0 Å². The molecule has 2 aromatic rings. The van der Waals surface area contributed by atoms with Crippen LogP contribution in [0.25, 0.3) is 5.52 Å². The van der Waals surface area contributed by atoms with Gasteiger partial charge >= 0.3 is 6.09 Å². The zero-order chi connectivity index (χ0) is 14.2. The third kappa shape index (κ3) is 3.07. The van der Waals surface area contributed by atoms with Gasteiger partial charge in [0, 0.05) is 0 Å². The Balaban J connectivity index is 2.33. The van der Waals surface area contributed by atoms with E-state index >= 15 is 0 Å². The van der Waals surface area contributed by atoms with Crippen LogP contribution >= 0.6 is 15.9 Å². The van der Waals surface area contributed by atoms with Crippen LogP contribution in [0.1, 0.15) is 26.5 Å². The fourth-order valence-electron chi connectivity index (χ4n) is 1.71. The normalized spacial score (nSPS) is 11.6. The summed E-state index contributed by atoms with van der Waals surface area (Å²) in [4.78, 5) is 11.8. The number of nitrogens with one attached hydrogen (secondary N) is 1. The van der Waals surface area contributed by atoms with Crippen molar-refractivity contribution in [2.45, 2.75) is 33.3 Å². The third-order valence-corrected chi connectivity index (χ3v) is 3.01. The molecule has 0 saturated carbocycles. The zero-order valence-electron chi connectivity index (χ0n) is 11.3. The van der Waals surface area contributed by atoms with E-state index in [2.05, 4.69) is 26.3 Å². The van der Waals surface area contributed by atoms with E-state index in [1.807, 2.05) is 45.9 Å². The third-order valence-electron chi connectivity index (χ3n) is 2.41. The monoisotopic (exact) mass is 325 g/mol. The Bertz CT molecular complexity index is 629. The number of halogens is 1. The van der Waals surface area contributed by atoms with E-state index in [0.717, 1.165) is 15.8 Å².